The zero-order chi connectivity index (χ0) is 23.6. The molecule has 3 aromatic rings. The number of aryl methyl sites for hydroxylation is 1. The van der Waals surface area contributed by atoms with Crippen LogP contribution in [0.3, 0.4) is 0 Å². The van der Waals surface area contributed by atoms with E-state index in [0.717, 1.165) is 29.8 Å². The van der Waals surface area contributed by atoms with Gasteiger partial charge in [0, 0.05) is 25.3 Å². The van der Waals surface area contributed by atoms with Crippen LogP contribution < -0.4 is 24.4 Å². The number of likely N-dealkylation sites (N-methyl/N-ethyl adjacent to an activating group) is 1. The number of benzene rings is 3. The standard InChI is InChI=1S/C27H32N2O4/c1-28-27(30)26(21-10-6-5-7-11-21)29(22-14-17-24(32-3)25(19-22)33-4)18-8-9-20-12-15-23(31-2)16-13-20/h5-7,10-17,19,26H,8-9,18H2,1-4H3,(H,28,30). The highest BCUT2D eigenvalue weighted by Gasteiger charge is 2.28. The Morgan fingerprint density at radius 3 is 2.18 bits per heavy atom. The van der Waals surface area contributed by atoms with Crippen molar-refractivity contribution >= 4 is 11.6 Å². The number of nitrogens with one attached hydrogen (secondary N) is 1. The van der Waals surface area contributed by atoms with Crippen LogP contribution in [0.4, 0.5) is 5.69 Å². The molecule has 0 radical (unpaired) electrons. The number of carbonyl (C=O) groups excluding carboxylic acids is 1. The van der Waals surface area contributed by atoms with E-state index in [1.165, 1.54) is 5.56 Å². The Kier molecular flexibility index (Phi) is 8.58. The van der Waals surface area contributed by atoms with Crippen molar-refractivity contribution < 1.29 is 19.0 Å². The van der Waals surface area contributed by atoms with E-state index in [1.807, 2.05) is 60.7 Å². The molecule has 3 aromatic carbocycles. The van der Waals surface area contributed by atoms with Crippen LogP contribution in [-0.2, 0) is 11.2 Å². The van der Waals surface area contributed by atoms with Crippen molar-refractivity contribution in [1.82, 2.24) is 5.32 Å². The van der Waals surface area contributed by atoms with Gasteiger partial charge in [-0.25, -0.2) is 0 Å². The molecular formula is C27H32N2O4. The molecule has 1 amide bonds. The van der Waals surface area contributed by atoms with E-state index in [2.05, 4.69) is 22.3 Å². The Bertz CT molecular complexity index is 1020. The average molecular weight is 449 g/mol. The molecule has 6 heteroatoms. The fourth-order valence-electron chi connectivity index (χ4n) is 3.90. The van der Waals surface area contributed by atoms with Crippen LogP contribution in [0, 0.1) is 0 Å². The summed E-state index contributed by atoms with van der Waals surface area (Å²) in [6, 6.07) is 23.2. The second-order valence-electron chi connectivity index (χ2n) is 7.61. The number of hydrogen-bond donors (Lipinski definition) is 1. The summed E-state index contributed by atoms with van der Waals surface area (Å²) in [6.45, 7) is 0.675. The summed E-state index contributed by atoms with van der Waals surface area (Å²) in [5.74, 6) is 2.05. The van der Waals surface area contributed by atoms with Gasteiger partial charge in [0.25, 0.3) is 0 Å². The SMILES string of the molecule is CNC(=O)C(c1ccccc1)N(CCCc1ccc(OC)cc1)c1ccc(OC)c(OC)c1. The topological polar surface area (TPSA) is 60.0 Å². The molecule has 1 unspecified atom stereocenters. The maximum atomic E-state index is 13.1. The van der Waals surface area contributed by atoms with E-state index in [-0.39, 0.29) is 5.91 Å². The van der Waals surface area contributed by atoms with Gasteiger partial charge in [-0.3, -0.25) is 4.79 Å². The van der Waals surface area contributed by atoms with Crippen LogP contribution in [0.2, 0.25) is 0 Å². The molecule has 33 heavy (non-hydrogen) atoms. The number of amides is 1. The minimum Gasteiger partial charge on any atom is -0.497 e. The summed E-state index contributed by atoms with van der Waals surface area (Å²) >= 11 is 0. The van der Waals surface area contributed by atoms with Gasteiger partial charge in [-0.2, -0.15) is 0 Å². The first kappa shape index (κ1) is 24.0. The van der Waals surface area contributed by atoms with E-state index < -0.39 is 6.04 Å². The predicted molar refractivity (Wildman–Crippen MR) is 131 cm³/mol. The van der Waals surface area contributed by atoms with Gasteiger partial charge in [0.05, 0.1) is 21.3 Å². The summed E-state index contributed by atoms with van der Waals surface area (Å²) in [6.07, 6.45) is 1.74. The Morgan fingerprint density at radius 1 is 0.879 bits per heavy atom. The number of carbonyl (C=O) groups is 1. The molecule has 0 saturated carbocycles. The Morgan fingerprint density at radius 2 is 1.58 bits per heavy atom. The van der Waals surface area contributed by atoms with Gasteiger partial charge < -0.3 is 24.4 Å². The van der Waals surface area contributed by atoms with Gasteiger partial charge in [0.1, 0.15) is 11.8 Å². The summed E-state index contributed by atoms with van der Waals surface area (Å²) in [7, 11) is 6.56. The Labute approximate surface area is 196 Å². The van der Waals surface area contributed by atoms with Crippen molar-refractivity contribution in [2.24, 2.45) is 0 Å². The van der Waals surface area contributed by atoms with Crippen LogP contribution >= 0.6 is 0 Å². The van der Waals surface area contributed by atoms with E-state index >= 15 is 0 Å². The van der Waals surface area contributed by atoms with Gasteiger partial charge in [-0.05, 0) is 48.2 Å². The van der Waals surface area contributed by atoms with Gasteiger partial charge >= 0.3 is 0 Å². The molecule has 0 bridgehead atoms. The van der Waals surface area contributed by atoms with E-state index in [1.54, 1.807) is 28.4 Å². The highest BCUT2D eigenvalue weighted by molar-refractivity contribution is 5.86. The van der Waals surface area contributed by atoms with Crippen LogP contribution in [0.1, 0.15) is 23.6 Å². The van der Waals surface area contributed by atoms with Crippen molar-refractivity contribution in [2.45, 2.75) is 18.9 Å². The highest BCUT2D eigenvalue weighted by atomic mass is 16.5. The smallest absolute Gasteiger partial charge is 0.247 e. The van der Waals surface area contributed by atoms with Crippen molar-refractivity contribution in [3.05, 3.63) is 83.9 Å². The van der Waals surface area contributed by atoms with E-state index in [0.29, 0.717) is 18.0 Å². The number of rotatable bonds is 11. The quantitative estimate of drug-likeness (QED) is 0.463. The Hall–Kier alpha value is -3.67. The minimum absolute atomic E-state index is 0.0690. The lowest BCUT2D eigenvalue weighted by Gasteiger charge is -2.33. The van der Waals surface area contributed by atoms with Gasteiger partial charge in [-0.15, -0.1) is 0 Å². The molecule has 0 saturated heterocycles. The molecule has 0 fully saturated rings. The van der Waals surface area contributed by atoms with Crippen LogP contribution in [0.5, 0.6) is 17.2 Å². The number of nitrogens with zero attached hydrogens (tertiary/aromatic N) is 1. The van der Waals surface area contributed by atoms with Gasteiger partial charge in [0.2, 0.25) is 5.91 Å². The largest absolute Gasteiger partial charge is 0.497 e. The Balaban J connectivity index is 1.93. The molecule has 0 aliphatic carbocycles. The minimum atomic E-state index is -0.481. The van der Waals surface area contributed by atoms with Crippen LogP contribution in [0.15, 0.2) is 72.8 Å². The maximum Gasteiger partial charge on any atom is 0.247 e. The third-order valence-electron chi connectivity index (χ3n) is 5.64. The fraction of sp³-hybridized carbons (Fsp3) is 0.296. The zero-order valence-corrected chi connectivity index (χ0v) is 19.7. The number of methoxy groups -OCH3 is 3. The van der Waals surface area contributed by atoms with Crippen molar-refractivity contribution in [1.29, 1.82) is 0 Å². The molecule has 6 nitrogen and oxygen atoms in total. The molecular weight excluding hydrogens is 416 g/mol. The highest BCUT2D eigenvalue weighted by Crippen LogP contribution is 2.35. The molecule has 1 N–H and O–H groups in total. The molecule has 3 rings (SSSR count). The molecule has 0 heterocycles. The van der Waals surface area contributed by atoms with Crippen molar-refractivity contribution in [2.75, 3.05) is 39.8 Å². The molecule has 0 aromatic heterocycles. The summed E-state index contributed by atoms with van der Waals surface area (Å²) in [4.78, 5) is 15.2. The third-order valence-corrected chi connectivity index (χ3v) is 5.64. The van der Waals surface area contributed by atoms with Crippen molar-refractivity contribution in [3.63, 3.8) is 0 Å². The number of hydrogen-bond acceptors (Lipinski definition) is 5. The van der Waals surface area contributed by atoms with Crippen LogP contribution in [0.25, 0.3) is 0 Å². The molecule has 1 atom stereocenters. The summed E-state index contributed by atoms with van der Waals surface area (Å²) in [5, 5.41) is 2.84. The monoisotopic (exact) mass is 448 g/mol. The third kappa shape index (κ3) is 5.98. The molecule has 0 aliphatic heterocycles. The lowest BCUT2D eigenvalue weighted by atomic mass is 10.0. The number of ether oxygens (including phenoxy) is 3. The fourth-order valence-corrected chi connectivity index (χ4v) is 3.90. The maximum absolute atomic E-state index is 13.1. The zero-order valence-electron chi connectivity index (χ0n) is 19.7. The van der Waals surface area contributed by atoms with E-state index in [9.17, 15) is 4.79 Å². The lowest BCUT2D eigenvalue weighted by molar-refractivity contribution is -0.122. The van der Waals surface area contributed by atoms with Crippen molar-refractivity contribution in [3.8, 4) is 17.2 Å². The summed E-state index contributed by atoms with van der Waals surface area (Å²) < 4.78 is 16.2. The van der Waals surface area contributed by atoms with Gasteiger partial charge in [-0.1, -0.05) is 42.5 Å². The summed E-state index contributed by atoms with van der Waals surface area (Å²) in [5.41, 5.74) is 3.04. The molecule has 0 aliphatic rings. The normalized spacial score (nSPS) is 11.4. The van der Waals surface area contributed by atoms with E-state index in [4.69, 9.17) is 14.2 Å². The average Bonchev–Trinajstić information content (AvgIpc) is 2.88. The molecule has 174 valence electrons. The lowest BCUT2D eigenvalue weighted by Crippen LogP contribution is -2.40. The second-order valence-corrected chi connectivity index (χ2v) is 7.61. The number of anilines is 1. The first-order chi connectivity index (χ1) is 16.1. The first-order valence-electron chi connectivity index (χ1n) is 11.0. The molecule has 0 spiro atoms. The first-order valence-corrected chi connectivity index (χ1v) is 11.0. The predicted octanol–water partition coefficient (Wildman–Crippen LogP) is 4.64. The second kappa shape index (κ2) is 11.8. The van der Waals surface area contributed by atoms with Gasteiger partial charge in [0.15, 0.2) is 11.5 Å². The van der Waals surface area contributed by atoms with Crippen LogP contribution in [-0.4, -0.2) is 40.8 Å².